The van der Waals surface area contributed by atoms with Gasteiger partial charge < -0.3 is 9.47 Å². The van der Waals surface area contributed by atoms with Crippen molar-refractivity contribution < 1.29 is 14.3 Å². The highest BCUT2D eigenvalue weighted by Gasteiger charge is 2.15. The maximum absolute atomic E-state index is 11.6. The van der Waals surface area contributed by atoms with Crippen LogP contribution < -0.4 is 4.74 Å². The van der Waals surface area contributed by atoms with E-state index >= 15 is 0 Å². The molecule has 0 N–H and O–H groups in total. The third-order valence-electron chi connectivity index (χ3n) is 5.55. The van der Waals surface area contributed by atoms with Crippen molar-refractivity contribution in [3.8, 4) is 28.9 Å². The summed E-state index contributed by atoms with van der Waals surface area (Å²) in [5.41, 5.74) is 4.21. The van der Waals surface area contributed by atoms with Crippen molar-refractivity contribution in [3.05, 3.63) is 78.4 Å². The highest BCUT2D eigenvalue weighted by molar-refractivity contribution is 5.84. The van der Waals surface area contributed by atoms with E-state index in [-0.39, 0.29) is 12.1 Å². The van der Waals surface area contributed by atoms with Gasteiger partial charge >= 0.3 is 5.97 Å². The van der Waals surface area contributed by atoms with Crippen molar-refractivity contribution >= 4 is 17.0 Å². The molecule has 3 aromatic carbocycles. The maximum Gasteiger partial charge on any atom is 0.306 e. The molecular formula is C29H29N3O3. The van der Waals surface area contributed by atoms with Crippen molar-refractivity contribution in [2.45, 2.75) is 45.6 Å². The highest BCUT2D eigenvalue weighted by Crippen LogP contribution is 2.31. The molecule has 0 saturated carbocycles. The molecule has 0 bridgehead atoms. The van der Waals surface area contributed by atoms with Gasteiger partial charge in [0.05, 0.1) is 35.4 Å². The molecule has 6 heteroatoms. The minimum Gasteiger partial charge on any atom is -0.494 e. The highest BCUT2D eigenvalue weighted by atomic mass is 16.5. The number of unbranched alkanes of at least 4 members (excludes halogenated alkanes) is 2. The predicted molar refractivity (Wildman–Crippen MR) is 136 cm³/mol. The number of ether oxygens (including phenoxy) is 2. The van der Waals surface area contributed by atoms with Crippen LogP contribution in [0.2, 0.25) is 0 Å². The molecule has 1 heterocycles. The van der Waals surface area contributed by atoms with E-state index in [1.807, 2.05) is 80.6 Å². The molecule has 1 aromatic heterocycles. The van der Waals surface area contributed by atoms with Gasteiger partial charge in [-0.3, -0.25) is 9.36 Å². The standard InChI is InChI=1S/C29H29N3O3/c1-21(2)35-28(33)14-7-4-8-17-34-25-15-16-26-27(19-25)32(24-13-9-10-22(18-24)20-30)29(31-26)23-11-5-3-6-12-23/h3,5-6,9-13,15-16,18-19,21H,4,7-8,14,17H2,1-2H3. The minimum absolute atomic E-state index is 0.0704. The fraction of sp³-hybridized carbons (Fsp3) is 0.276. The summed E-state index contributed by atoms with van der Waals surface area (Å²) in [7, 11) is 0. The van der Waals surface area contributed by atoms with Crippen LogP contribution in [0.25, 0.3) is 28.1 Å². The Balaban J connectivity index is 1.53. The van der Waals surface area contributed by atoms with Crippen molar-refractivity contribution in [3.63, 3.8) is 0 Å². The van der Waals surface area contributed by atoms with Gasteiger partial charge in [-0.1, -0.05) is 36.4 Å². The van der Waals surface area contributed by atoms with E-state index in [9.17, 15) is 10.1 Å². The van der Waals surface area contributed by atoms with Crippen LogP contribution in [0.5, 0.6) is 5.75 Å². The summed E-state index contributed by atoms with van der Waals surface area (Å²) in [5, 5.41) is 9.41. The lowest BCUT2D eigenvalue weighted by atomic mass is 10.2. The smallest absolute Gasteiger partial charge is 0.306 e. The first kappa shape index (κ1) is 24.0. The topological polar surface area (TPSA) is 77.1 Å². The Morgan fingerprint density at radius 2 is 1.83 bits per heavy atom. The molecule has 6 nitrogen and oxygen atoms in total. The summed E-state index contributed by atoms with van der Waals surface area (Å²) in [5.74, 6) is 1.42. The number of benzene rings is 3. The average Bonchev–Trinajstić information content (AvgIpc) is 3.25. The fourth-order valence-electron chi connectivity index (χ4n) is 3.96. The summed E-state index contributed by atoms with van der Waals surface area (Å²) in [6.45, 7) is 4.28. The van der Waals surface area contributed by atoms with Gasteiger partial charge in [0.1, 0.15) is 11.6 Å². The lowest BCUT2D eigenvalue weighted by Gasteiger charge is -2.11. The molecular weight excluding hydrogens is 438 g/mol. The molecule has 4 aromatic rings. The van der Waals surface area contributed by atoms with Crippen LogP contribution >= 0.6 is 0 Å². The Morgan fingerprint density at radius 1 is 1.00 bits per heavy atom. The van der Waals surface area contributed by atoms with Gasteiger partial charge in [-0.15, -0.1) is 0 Å². The zero-order valence-corrected chi connectivity index (χ0v) is 20.1. The Labute approximate surface area is 205 Å². The van der Waals surface area contributed by atoms with Gasteiger partial charge in [0.25, 0.3) is 0 Å². The summed E-state index contributed by atoms with van der Waals surface area (Å²) in [4.78, 5) is 16.5. The van der Waals surface area contributed by atoms with Gasteiger partial charge in [0, 0.05) is 23.7 Å². The van der Waals surface area contributed by atoms with E-state index in [2.05, 4.69) is 10.6 Å². The molecule has 0 atom stereocenters. The predicted octanol–water partition coefficient (Wildman–Crippen LogP) is 6.45. The average molecular weight is 468 g/mol. The number of aromatic nitrogens is 2. The van der Waals surface area contributed by atoms with E-state index in [0.29, 0.717) is 18.6 Å². The zero-order chi connectivity index (χ0) is 24.6. The number of nitriles is 1. The molecule has 0 aliphatic rings. The maximum atomic E-state index is 11.6. The van der Waals surface area contributed by atoms with Crippen LogP contribution in [0.1, 0.15) is 45.1 Å². The van der Waals surface area contributed by atoms with E-state index < -0.39 is 0 Å². The van der Waals surface area contributed by atoms with Crippen LogP contribution in [-0.4, -0.2) is 28.2 Å². The van der Waals surface area contributed by atoms with Gasteiger partial charge in [-0.05, 0) is 63.4 Å². The van der Waals surface area contributed by atoms with E-state index in [1.54, 1.807) is 6.07 Å². The molecule has 178 valence electrons. The van der Waals surface area contributed by atoms with Crippen LogP contribution in [0.15, 0.2) is 72.8 Å². The van der Waals surface area contributed by atoms with E-state index in [1.165, 1.54) is 0 Å². The number of esters is 1. The van der Waals surface area contributed by atoms with Crippen molar-refractivity contribution in [1.82, 2.24) is 9.55 Å². The number of nitrogens with zero attached hydrogens (tertiary/aromatic N) is 3. The molecule has 0 amide bonds. The first-order valence-electron chi connectivity index (χ1n) is 12.0. The molecule has 0 radical (unpaired) electrons. The van der Waals surface area contributed by atoms with Gasteiger partial charge in [0.15, 0.2) is 0 Å². The first-order valence-corrected chi connectivity index (χ1v) is 12.0. The second-order valence-corrected chi connectivity index (χ2v) is 8.65. The summed E-state index contributed by atoms with van der Waals surface area (Å²) in [6, 6.07) is 25.6. The number of carbonyl (C=O) groups is 1. The number of hydrogen-bond donors (Lipinski definition) is 0. The molecule has 0 fully saturated rings. The zero-order valence-electron chi connectivity index (χ0n) is 20.1. The number of imidazole rings is 1. The van der Waals surface area contributed by atoms with Crippen LogP contribution in [0.3, 0.4) is 0 Å². The Hall–Kier alpha value is -4.11. The monoisotopic (exact) mass is 467 g/mol. The van der Waals surface area contributed by atoms with Crippen LogP contribution in [0.4, 0.5) is 0 Å². The molecule has 0 spiro atoms. The quantitative estimate of drug-likeness (QED) is 0.198. The van der Waals surface area contributed by atoms with Crippen molar-refractivity contribution in [2.24, 2.45) is 0 Å². The number of rotatable bonds is 10. The van der Waals surface area contributed by atoms with E-state index in [4.69, 9.17) is 14.5 Å². The van der Waals surface area contributed by atoms with Crippen molar-refractivity contribution in [1.29, 1.82) is 5.26 Å². The lowest BCUT2D eigenvalue weighted by Crippen LogP contribution is -2.11. The van der Waals surface area contributed by atoms with E-state index in [0.717, 1.165) is 53.1 Å². The van der Waals surface area contributed by atoms with Crippen molar-refractivity contribution in [2.75, 3.05) is 6.61 Å². The third kappa shape index (κ3) is 6.07. The van der Waals surface area contributed by atoms with Crippen LogP contribution in [-0.2, 0) is 9.53 Å². The normalized spacial score (nSPS) is 10.9. The fourth-order valence-corrected chi connectivity index (χ4v) is 3.96. The number of fused-ring (bicyclic) bond motifs is 1. The van der Waals surface area contributed by atoms with Gasteiger partial charge in [-0.25, -0.2) is 4.98 Å². The Kier molecular flexibility index (Phi) is 7.79. The second-order valence-electron chi connectivity index (χ2n) is 8.65. The molecule has 0 saturated heterocycles. The number of carbonyl (C=O) groups excluding carboxylic acids is 1. The third-order valence-corrected chi connectivity index (χ3v) is 5.55. The Bertz CT molecular complexity index is 1340. The molecule has 4 rings (SSSR count). The van der Waals surface area contributed by atoms with Crippen LogP contribution in [0, 0.1) is 11.3 Å². The Morgan fingerprint density at radius 3 is 2.60 bits per heavy atom. The largest absolute Gasteiger partial charge is 0.494 e. The summed E-state index contributed by atoms with van der Waals surface area (Å²) >= 11 is 0. The number of hydrogen-bond acceptors (Lipinski definition) is 5. The molecule has 35 heavy (non-hydrogen) atoms. The summed E-state index contributed by atoms with van der Waals surface area (Å²) in [6.07, 6.45) is 2.90. The molecule has 0 aliphatic heterocycles. The summed E-state index contributed by atoms with van der Waals surface area (Å²) < 4.78 is 13.3. The van der Waals surface area contributed by atoms with Gasteiger partial charge in [0.2, 0.25) is 0 Å². The van der Waals surface area contributed by atoms with Gasteiger partial charge in [-0.2, -0.15) is 5.26 Å². The second kappa shape index (κ2) is 11.3. The molecule has 0 unspecified atom stereocenters. The first-order chi connectivity index (χ1) is 17.0. The lowest BCUT2D eigenvalue weighted by molar-refractivity contribution is -0.147. The molecule has 0 aliphatic carbocycles. The SMILES string of the molecule is CC(C)OC(=O)CCCCCOc1ccc2nc(-c3ccccc3)n(-c3cccc(C#N)c3)c2c1. The minimum atomic E-state index is -0.144.